The highest BCUT2D eigenvalue weighted by Crippen LogP contribution is 2.39. The highest BCUT2D eigenvalue weighted by atomic mass is 35.5. The Labute approximate surface area is 502 Å². The maximum Gasteiger partial charge on any atom is 0.408 e. The Bertz CT molecular complexity index is 3010. The minimum Gasteiger partial charge on any atom is -0.489 e. The maximum atomic E-state index is 15.1. The number of likely N-dealkylation sites (N-methyl/N-ethyl adjacent to an activating group) is 1. The Morgan fingerprint density at radius 1 is 0.679 bits per heavy atom. The summed E-state index contributed by atoms with van der Waals surface area (Å²) in [5, 5.41) is 19.5. The van der Waals surface area contributed by atoms with Crippen LogP contribution in [0.15, 0.2) is 127 Å². The van der Waals surface area contributed by atoms with Gasteiger partial charge in [0.1, 0.15) is 48.8 Å². The van der Waals surface area contributed by atoms with E-state index in [9.17, 15) is 29.1 Å². The van der Waals surface area contributed by atoms with Crippen molar-refractivity contribution < 1.29 is 62.0 Å². The lowest BCUT2D eigenvalue weighted by molar-refractivity contribution is -0.152. The van der Waals surface area contributed by atoms with Gasteiger partial charge in [0, 0.05) is 46.0 Å². The second kappa shape index (κ2) is 30.1. The molecular formula is C64H85ClN4O13Si2. The Balaban J connectivity index is 1.52. The van der Waals surface area contributed by atoms with E-state index in [0.717, 1.165) is 16.7 Å². The van der Waals surface area contributed by atoms with Crippen LogP contribution in [0, 0.1) is 0 Å². The molecule has 0 radical (unpaired) electrons. The summed E-state index contributed by atoms with van der Waals surface area (Å²) in [6.07, 6.45) is -3.73. The van der Waals surface area contributed by atoms with Crippen molar-refractivity contribution >= 4 is 64.1 Å². The van der Waals surface area contributed by atoms with E-state index in [1.165, 1.54) is 19.1 Å². The van der Waals surface area contributed by atoms with Crippen LogP contribution in [0.2, 0.25) is 48.8 Å². The number of hydrogen-bond acceptors (Lipinski definition) is 12. The van der Waals surface area contributed by atoms with E-state index < -0.39 is 81.8 Å². The van der Waals surface area contributed by atoms with Crippen molar-refractivity contribution in [2.24, 2.45) is 0 Å². The van der Waals surface area contributed by atoms with Gasteiger partial charge in [0.05, 0.1) is 13.2 Å². The summed E-state index contributed by atoms with van der Waals surface area (Å²) in [7, 11) is -1.91. The highest BCUT2D eigenvalue weighted by Gasteiger charge is 2.44. The molecule has 0 saturated carbocycles. The molecule has 0 aromatic heterocycles. The number of nitrogens with one attached hydrogen (secondary N) is 3. The molecule has 0 aliphatic carbocycles. The van der Waals surface area contributed by atoms with Gasteiger partial charge in [0.15, 0.2) is 8.32 Å². The first-order chi connectivity index (χ1) is 39.4. The number of halogens is 1. The molecule has 0 spiro atoms. The second-order valence-corrected chi connectivity index (χ2v) is 35.6. The third-order valence-corrected chi connectivity index (χ3v) is 21.2. The number of hydrogen-bond donors (Lipinski definition) is 4. The summed E-state index contributed by atoms with van der Waals surface area (Å²) in [6, 6.07) is 36.3. The van der Waals surface area contributed by atoms with Crippen LogP contribution in [0.4, 0.5) is 14.4 Å². The van der Waals surface area contributed by atoms with E-state index >= 15 is 4.79 Å². The first kappa shape index (κ1) is 67.6. The predicted molar refractivity (Wildman–Crippen MR) is 331 cm³/mol. The number of nitrogens with zero attached hydrogens (tertiary/aromatic N) is 1. The van der Waals surface area contributed by atoms with Gasteiger partial charge in [-0.1, -0.05) is 161 Å². The summed E-state index contributed by atoms with van der Waals surface area (Å²) in [6.45, 7) is 21.7. The Kier molecular flexibility index (Phi) is 24.2. The number of esters is 1. The van der Waals surface area contributed by atoms with Gasteiger partial charge >= 0.3 is 30.2 Å². The minimum absolute atomic E-state index is 0.0193. The van der Waals surface area contributed by atoms with Crippen molar-refractivity contribution in [3.05, 3.63) is 160 Å². The van der Waals surface area contributed by atoms with Crippen LogP contribution < -0.4 is 20.7 Å². The molecule has 4 N–H and O–H groups in total. The average molecular weight is 1210 g/mol. The van der Waals surface area contributed by atoms with Crippen LogP contribution in [0.3, 0.4) is 0 Å². The van der Waals surface area contributed by atoms with Crippen LogP contribution in [0.1, 0.15) is 82.2 Å². The number of aliphatic carboxylic acids is 1. The van der Waals surface area contributed by atoms with E-state index in [1.54, 1.807) is 45.0 Å². The normalized spacial score (nSPS) is 13.6. The molecule has 0 heterocycles. The minimum atomic E-state index is -2.63. The van der Waals surface area contributed by atoms with Crippen molar-refractivity contribution in [1.29, 1.82) is 0 Å². The van der Waals surface area contributed by atoms with E-state index in [2.05, 4.69) is 56.4 Å². The first-order valence-electron chi connectivity index (χ1n) is 28.1. The van der Waals surface area contributed by atoms with Crippen LogP contribution >= 0.6 is 11.6 Å². The molecule has 20 heteroatoms. The molecule has 5 aromatic carbocycles. The number of carboxylic acids is 1. The fraction of sp³-hybridized carbons (Fsp3) is 0.438. The SMILES string of the molecule is COC(=O)[C@H](Cc1cc(-c2ccc(OCc3ccccc3)c(C[C@@](CC[Si](C)(C)C)(NC(=O)OCc3ccccc3)C(=O)O)c2)ccc1Cl)N(C)C(=O)[C@H](C[C@H](CNC(=O)OCc1ccccc1)O[Si](C)(C)C(C)(C)C)NC(=O)OC(C)(C)C. The lowest BCUT2D eigenvalue weighted by atomic mass is 9.86. The number of carbonyl (C=O) groups is 6. The number of ether oxygens (including phenoxy) is 5. The number of methoxy groups -OCH3 is 1. The molecule has 5 aromatic rings. The second-order valence-electron chi connectivity index (χ2n) is 24.8. The van der Waals surface area contributed by atoms with Crippen molar-refractivity contribution in [3.63, 3.8) is 0 Å². The predicted octanol–water partition coefficient (Wildman–Crippen LogP) is 12.7. The summed E-state index contributed by atoms with van der Waals surface area (Å²) < 4.78 is 35.4. The zero-order valence-electron chi connectivity index (χ0n) is 50.9. The number of carboxylic acid groups (broad SMARTS) is 1. The summed E-state index contributed by atoms with van der Waals surface area (Å²) in [5.74, 6) is -2.31. The number of rotatable bonds is 27. The van der Waals surface area contributed by atoms with E-state index in [4.69, 9.17) is 39.7 Å². The average Bonchev–Trinajstić information content (AvgIpc) is 2.36. The molecular weight excluding hydrogens is 1120 g/mol. The van der Waals surface area contributed by atoms with Crippen molar-refractivity contribution in [1.82, 2.24) is 20.9 Å². The summed E-state index contributed by atoms with van der Waals surface area (Å²) in [5.41, 5.74) is 1.80. The molecule has 454 valence electrons. The van der Waals surface area contributed by atoms with Gasteiger partial charge in [0.25, 0.3) is 0 Å². The molecule has 0 aliphatic heterocycles. The van der Waals surface area contributed by atoms with Crippen LogP contribution in [-0.2, 0) is 70.4 Å². The van der Waals surface area contributed by atoms with E-state index in [0.29, 0.717) is 34.0 Å². The lowest BCUT2D eigenvalue weighted by Gasteiger charge is -2.40. The summed E-state index contributed by atoms with van der Waals surface area (Å²) >= 11 is 6.98. The summed E-state index contributed by atoms with van der Waals surface area (Å²) in [4.78, 5) is 84.5. The van der Waals surface area contributed by atoms with Gasteiger partial charge < -0.3 is 54.1 Å². The van der Waals surface area contributed by atoms with Gasteiger partial charge in [-0.25, -0.2) is 24.0 Å². The number of alkyl carbamates (subject to hydrolysis) is 3. The number of benzene rings is 5. The third-order valence-electron chi connectivity index (χ3n) is 14.6. The largest absolute Gasteiger partial charge is 0.489 e. The van der Waals surface area contributed by atoms with Gasteiger partial charge in [0.2, 0.25) is 5.91 Å². The zero-order chi connectivity index (χ0) is 62.0. The van der Waals surface area contributed by atoms with Crippen molar-refractivity contribution in [3.8, 4) is 16.9 Å². The molecule has 0 bridgehead atoms. The molecule has 0 saturated heterocycles. The molecule has 4 amide bonds. The molecule has 0 unspecified atom stereocenters. The molecule has 84 heavy (non-hydrogen) atoms. The molecule has 4 atom stereocenters. The Hall–Kier alpha value is -7.20. The topological polar surface area (TPSA) is 217 Å². The third kappa shape index (κ3) is 21.1. The van der Waals surface area contributed by atoms with Gasteiger partial charge in [-0.05, 0) is 109 Å². The van der Waals surface area contributed by atoms with E-state index in [-0.39, 0.29) is 62.1 Å². The van der Waals surface area contributed by atoms with Crippen LogP contribution in [-0.4, -0.2) is 113 Å². The van der Waals surface area contributed by atoms with Crippen molar-refractivity contribution in [2.75, 3.05) is 20.7 Å². The van der Waals surface area contributed by atoms with Crippen LogP contribution in [0.5, 0.6) is 5.75 Å². The van der Waals surface area contributed by atoms with Crippen LogP contribution in [0.25, 0.3) is 11.1 Å². The van der Waals surface area contributed by atoms with Crippen molar-refractivity contribution in [2.45, 2.75) is 160 Å². The smallest absolute Gasteiger partial charge is 0.408 e. The molecule has 17 nitrogen and oxygen atoms in total. The van der Waals surface area contributed by atoms with Gasteiger partial charge in [-0.2, -0.15) is 0 Å². The number of carbonyl (C=O) groups excluding carboxylic acids is 5. The lowest BCUT2D eigenvalue weighted by Crippen LogP contribution is -2.57. The Morgan fingerprint density at radius 2 is 1.20 bits per heavy atom. The monoisotopic (exact) mass is 1210 g/mol. The molecule has 0 aliphatic rings. The van der Waals surface area contributed by atoms with Gasteiger partial charge in [-0.3, -0.25) is 4.79 Å². The maximum absolute atomic E-state index is 15.1. The fourth-order valence-electron chi connectivity index (χ4n) is 8.78. The number of amides is 4. The standard InChI is InChI=1S/C64H85ClN4O13Si2/c1-62(2,3)81-60(75)67-53(38-51(82-84(12,13)63(4,5)6)40-66-59(74)79-42-45-25-19-15-20-26-45)56(70)69(7)54(57(71)77-8)37-49-35-47(29-31-52(49)65)48-30-32-55(78-41-44-23-17-14-18-24-44)50(36-48)39-64(58(72)73,33-34-83(9,10)11)68-61(76)80-43-46-27-21-16-22-28-46/h14-32,35-36,51,53-54H,33-34,37-43H2,1-13H3,(H,66,74)(H,67,75)(H,68,76)(H,72,73)/t51-,53+,54+,64-/m1/s1. The quantitative estimate of drug-likeness (QED) is 0.0219. The van der Waals surface area contributed by atoms with Gasteiger partial charge in [-0.15, -0.1) is 0 Å². The van der Waals surface area contributed by atoms with E-state index in [1.807, 2.05) is 116 Å². The Morgan fingerprint density at radius 3 is 1.71 bits per heavy atom. The highest BCUT2D eigenvalue weighted by molar-refractivity contribution is 6.76. The first-order valence-corrected chi connectivity index (χ1v) is 35.1. The zero-order valence-corrected chi connectivity index (χ0v) is 53.6. The molecule has 0 fully saturated rings. The molecule has 5 rings (SSSR count). The fourth-order valence-corrected chi connectivity index (χ4v) is 11.5.